The third kappa shape index (κ3) is 3.32. The highest BCUT2D eigenvalue weighted by atomic mass is 35.7. The molecule has 1 aliphatic heterocycles. The molecule has 1 fully saturated rings. The van der Waals surface area contributed by atoms with E-state index in [1.807, 2.05) is 0 Å². The fourth-order valence-electron chi connectivity index (χ4n) is 2.01. The molecule has 5 nitrogen and oxygen atoms in total. The van der Waals surface area contributed by atoms with E-state index in [0.717, 1.165) is 0 Å². The van der Waals surface area contributed by atoms with Gasteiger partial charge in [0.05, 0.1) is 0 Å². The van der Waals surface area contributed by atoms with Gasteiger partial charge in [-0.2, -0.15) is 0 Å². The van der Waals surface area contributed by atoms with E-state index in [2.05, 4.69) is 6.58 Å². The molecule has 0 aliphatic carbocycles. The first-order chi connectivity index (χ1) is 9.41. The molecule has 0 saturated carbocycles. The molecule has 1 atom stereocenters. The molecule has 1 unspecified atom stereocenters. The number of nitrogens with zero attached hydrogens (tertiary/aromatic N) is 1. The molecule has 1 aliphatic rings. The van der Waals surface area contributed by atoms with Gasteiger partial charge >= 0.3 is 0 Å². The second-order valence-electron chi connectivity index (χ2n) is 4.40. The second kappa shape index (κ2) is 5.85. The van der Waals surface area contributed by atoms with Crippen molar-refractivity contribution < 1.29 is 17.9 Å². The van der Waals surface area contributed by atoms with Gasteiger partial charge in [0.25, 0.3) is 0 Å². The predicted octanol–water partition coefficient (Wildman–Crippen LogP) is 1.93. The Bertz CT molecular complexity index is 629. The SMILES string of the molecule is C=CCOc1cccc(N2CC(S(=O)(=O)Cl)CC2=O)c1. The fourth-order valence-corrected chi connectivity index (χ4v) is 3.04. The topological polar surface area (TPSA) is 63.7 Å². The number of benzene rings is 1. The van der Waals surface area contributed by atoms with Gasteiger partial charge in [-0.3, -0.25) is 4.79 Å². The van der Waals surface area contributed by atoms with Crippen molar-refractivity contribution >= 4 is 31.3 Å². The summed E-state index contributed by atoms with van der Waals surface area (Å²) in [6.45, 7) is 3.98. The first-order valence-electron chi connectivity index (χ1n) is 5.99. The van der Waals surface area contributed by atoms with Crippen LogP contribution >= 0.6 is 10.7 Å². The maximum absolute atomic E-state index is 11.9. The third-order valence-corrected chi connectivity index (χ3v) is 4.85. The lowest BCUT2D eigenvalue weighted by molar-refractivity contribution is -0.117. The first-order valence-corrected chi connectivity index (χ1v) is 8.36. The van der Waals surface area contributed by atoms with Crippen molar-refractivity contribution in [3.63, 3.8) is 0 Å². The van der Waals surface area contributed by atoms with Gasteiger partial charge in [0, 0.05) is 35.4 Å². The maximum atomic E-state index is 11.9. The Labute approximate surface area is 122 Å². The van der Waals surface area contributed by atoms with Crippen LogP contribution in [0.3, 0.4) is 0 Å². The number of amides is 1. The molecule has 108 valence electrons. The first kappa shape index (κ1) is 14.9. The molecule has 20 heavy (non-hydrogen) atoms. The molecule has 0 aromatic heterocycles. The van der Waals surface area contributed by atoms with Crippen molar-refractivity contribution in [2.75, 3.05) is 18.1 Å². The Morgan fingerprint density at radius 3 is 2.85 bits per heavy atom. The summed E-state index contributed by atoms with van der Waals surface area (Å²) >= 11 is 0. The zero-order chi connectivity index (χ0) is 14.8. The number of anilines is 1. The molecule has 0 radical (unpaired) electrons. The summed E-state index contributed by atoms with van der Waals surface area (Å²) in [5.74, 6) is 0.326. The minimum Gasteiger partial charge on any atom is -0.489 e. The van der Waals surface area contributed by atoms with E-state index in [1.54, 1.807) is 30.3 Å². The molecule has 1 amide bonds. The van der Waals surface area contributed by atoms with Gasteiger partial charge in [-0.15, -0.1) is 0 Å². The molecular weight excluding hydrogens is 302 g/mol. The van der Waals surface area contributed by atoms with Crippen LogP contribution in [0, 0.1) is 0 Å². The molecule has 0 bridgehead atoms. The van der Waals surface area contributed by atoms with Gasteiger partial charge in [0.15, 0.2) is 0 Å². The molecule has 1 aromatic rings. The van der Waals surface area contributed by atoms with Crippen molar-refractivity contribution in [3.8, 4) is 5.75 Å². The predicted molar refractivity (Wildman–Crippen MR) is 77.7 cm³/mol. The quantitative estimate of drug-likeness (QED) is 0.615. The average Bonchev–Trinajstić information content (AvgIpc) is 2.79. The Hall–Kier alpha value is -1.53. The molecule has 1 saturated heterocycles. The van der Waals surface area contributed by atoms with Gasteiger partial charge < -0.3 is 9.64 Å². The largest absolute Gasteiger partial charge is 0.489 e. The number of hydrogen-bond acceptors (Lipinski definition) is 4. The van der Waals surface area contributed by atoms with Crippen LogP contribution in [-0.2, 0) is 13.8 Å². The van der Waals surface area contributed by atoms with E-state index < -0.39 is 14.3 Å². The zero-order valence-electron chi connectivity index (χ0n) is 10.7. The Morgan fingerprint density at radius 2 is 2.25 bits per heavy atom. The summed E-state index contributed by atoms with van der Waals surface area (Å²) in [5.41, 5.74) is 0.597. The van der Waals surface area contributed by atoms with Gasteiger partial charge in [0.1, 0.15) is 17.6 Å². The van der Waals surface area contributed by atoms with Crippen molar-refractivity contribution in [3.05, 3.63) is 36.9 Å². The van der Waals surface area contributed by atoms with E-state index in [1.165, 1.54) is 4.90 Å². The minimum atomic E-state index is -3.74. The van der Waals surface area contributed by atoms with E-state index in [9.17, 15) is 13.2 Å². The average molecular weight is 316 g/mol. The van der Waals surface area contributed by atoms with Gasteiger partial charge in [-0.1, -0.05) is 18.7 Å². The molecule has 1 heterocycles. The number of halogens is 1. The summed E-state index contributed by atoms with van der Waals surface area (Å²) in [6, 6.07) is 6.90. The number of hydrogen-bond donors (Lipinski definition) is 0. The maximum Gasteiger partial charge on any atom is 0.237 e. The Morgan fingerprint density at radius 1 is 1.50 bits per heavy atom. The van der Waals surface area contributed by atoms with Crippen LogP contribution in [-0.4, -0.2) is 32.7 Å². The number of ether oxygens (including phenoxy) is 1. The molecule has 1 aromatic carbocycles. The number of carbonyl (C=O) groups is 1. The van der Waals surface area contributed by atoms with Crippen LogP contribution in [0.15, 0.2) is 36.9 Å². The van der Waals surface area contributed by atoms with Crippen LogP contribution in [0.5, 0.6) is 5.75 Å². The molecular formula is C13H14ClNO4S. The summed E-state index contributed by atoms with van der Waals surface area (Å²) in [7, 11) is 1.58. The van der Waals surface area contributed by atoms with Gasteiger partial charge in [0.2, 0.25) is 15.0 Å². The molecule has 0 spiro atoms. The minimum absolute atomic E-state index is 0.0651. The zero-order valence-corrected chi connectivity index (χ0v) is 12.2. The van der Waals surface area contributed by atoms with Crippen molar-refractivity contribution in [1.82, 2.24) is 0 Å². The van der Waals surface area contributed by atoms with Crippen LogP contribution in [0.25, 0.3) is 0 Å². The highest BCUT2D eigenvalue weighted by Gasteiger charge is 2.38. The molecule has 0 N–H and O–H groups in total. The number of rotatable bonds is 5. The highest BCUT2D eigenvalue weighted by molar-refractivity contribution is 8.14. The van der Waals surface area contributed by atoms with E-state index in [0.29, 0.717) is 18.0 Å². The smallest absolute Gasteiger partial charge is 0.237 e. The van der Waals surface area contributed by atoms with Gasteiger partial charge in [-0.05, 0) is 12.1 Å². The number of carbonyl (C=O) groups excluding carboxylic acids is 1. The monoisotopic (exact) mass is 315 g/mol. The summed E-state index contributed by atoms with van der Waals surface area (Å²) in [4.78, 5) is 13.3. The van der Waals surface area contributed by atoms with Crippen LogP contribution < -0.4 is 9.64 Å². The second-order valence-corrected chi connectivity index (χ2v) is 7.31. The summed E-state index contributed by atoms with van der Waals surface area (Å²) < 4.78 is 28.0. The highest BCUT2D eigenvalue weighted by Crippen LogP contribution is 2.28. The normalized spacial score (nSPS) is 19.1. The third-order valence-electron chi connectivity index (χ3n) is 2.98. The van der Waals surface area contributed by atoms with Crippen molar-refractivity contribution in [1.29, 1.82) is 0 Å². The Kier molecular flexibility index (Phi) is 4.35. The summed E-state index contributed by atoms with van der Waals surface area (Å²) in [5, 5.41) is -0.866. The van der Waals surface area contributed by atoms with Crippen LogP contribution in [0.4, 0.5) is 5.69 Å². The molecule has 7 heteroatoms. The van der Waals surface area contributed by atoms with Gasteiger partial charge in [-0.25, -0.2) is 8.42 Å². The van der Waals surface area contributed by atoms with Crippen molar-refractivity contribution in [2.24, 2.45) is 0 Å². The summed E-state index contributed by atoms with van der Waals surface area (Å²) in [6.07, 6.45) is 1.52. The van der Waals surface area contributed by atoms with E-state index in [-0.39, 0.29) is 18.9 Å². The van der Waals surface area contributed by atoms with E-state index >= 15 is 0 Å². The fraction of sp³-hybridized carbons (Fsp3) is 0.308. The lowest BCUT2D eigenvalue weighted by Crippen LogP contribution is -2.26. The lowest BCUT2D eigenvalue weighted by Gasteiger charge is -2.17. The molecule has 2 rings (SSSR count). The Balaban J connectivity index is 2.19. The standard InChI is InChI=1S/C13H14ClNO4S/c1-2-6-19-11-5-3-4-10(7-11)15-9-12(8-13(15)16)20(14,17)18/h2-5,7,12H,1,6,8-9H2. The lowest BCUT2D eigenvalue weighted by atomic mass is 10.3. The van der Waals surface area contributed by atoms with Crippen molar-refractivity contribution in [2.45, 2.75) is 11.7 Å². The van der Waals surface area contributed by atoms with Crippen LogP contribution in [0.2, 0.25) is 0 Å². The van der Waals surface area contributed by atoms with E-state index in [4.69, 9.17) is 15.4 Å². The van der Waals surface area contributed by atoms with Crippen LogP contribution in [0.1, 0.15) is 6.42 Å².